The summed E-state index contributed by atoms with van der Waals surface area (Å²) in [4.78, 5) is 12.5. The Morgan fingerprint density at radius 1 is 1.08 bits per heavy atom. The second-order valence-electron chi connectivity index (χ2n) is 5.89. The van der Waals surface area contributed by atoms with Gasteiger partial charge in [-0.15, -0.1) is 0 Å². The fourth-order valence-electron chi connectivity index (χ4n) is 3.09. The van der Waals surface area contributed by atoms with Crippen molar-refractivity contribution in [1.29, 1.82) is 0 Å². The molecule has 0 fully saturated rings. The second-order valence-corrected chi connectivity index (χ2v) is 5.89. The molecule has 0 unspecified atom stereocenters. The fraction of sp³-hybridized carbons (Fsp3) is 0.167. The monoisotopic (exact) mass is 346 g/mol. The van der Waals surface area contributed by atoms with Crippen molar-refractivity contribution >= 4 is 16.6 Å². The molecule has 3 aromatic rings. The number of fused-ring (bicyclic) bond motifs is 2. The van der Waals surface area contributed by atoms with Crippen LogP contribution in [0.2, 0.25) is 0 Å². The van der Waals surface area contributed by atoms with E-state index in [0.717, 1.165) is 24.1 Å². The summed E-state index contributed by atoms with van der Waals surface area (Å²) in [7, 11) is 0. The smallest absolute Gasteiger partial charge is 0.416 e. The van der Waals surface area contributed by atoms with Crippen LogP contribution in [0.15, 0.2) is 47.3 Å². The highest BCUT2D eigenvalue weighted by molar-refractivity contribution is 5.91. The zero-order valence-electron chi connectivity index (χ0n) is 12.9. The average Bonchev–Trinajstić information content (AvgIpc) is 3.01. The first kappa shape index (κ1) is 15.6. The molecule has 1 aliphatic heterocycles. The first-order valence-electron chi connectivity index (χ1n) is 7.63. The van der Waals surface area contributed by atoms with Crippen molar-refractivity contribution in [1.82, 2.24) is 4.57 Å². The molecule has 0 saturated carbocycles. The number of alkyl halides is 3. The average molecular weight is 346 g/mol. The summed E-state index contributed by atoms with van der Waals surface area (Å²) in [5, 5.41) is 0.383. The standard InChI is InChI=1S/C18H13F3N2O2/c19-18(20,21)11-2-4-13-14(22)9-17(24)23(15(13)7-11)12-3-1-10-5-6-25-16(10)8-12/h1-4,7-9H,5-6,22H2. The number of ether oxygens (including phenoxy) is 1. The minimum Gasteiger partial charge on any atom is -0.493 e. The normalized spacial score (nSPS) is 13.7. The fourth-order valence-corrected chi connectivity index (χ4v) is 3.09. The molecule has 0 atom stereocenters. The lowest BCUT2D eigenvalue weighted by Crippen LogP contribution is -2.19. The van der Waals surface area contributed by atoms with Crippen LogP contribution in [-0.2, 0) is 12.6 Å². The molecule has 128 valence electrons. The molecular weight excluding hydrogens is 333 g/mol. The lowest BCUT2D eigenvalue weighted by Gasteiger charge is -2.15. The van der Waals surface area contributed by atoms with E-state index in [9.17, 15) is 18.0 Å². The quantitative estimate of drug-likeness (QED) is 0.733. The lowest BCUT2D eigenvalue weighted by molar-refractivity contribution is -0.137. The van der Waals surface area contributed by atoms with Crippen molar-refractivity contribution in [3.05, 3.63) is 63.9 Å². The zero-order valence-corrected chi connectivity index (χ0v) is 12.9. The molecule has 2 heterocycles. The van der Waals surface area contributed by atoms with Gasteiger partial charge in [-0.25, -0.2) is 0 Å². The third-order valence-electron chi connectivity index (χ3n) is 4.31. The summed E-state index contributed by atoms with van der Waals surface area (Å²) < 4.78 is 46.0. The predicted molar refractivity (Wildman–Crippen MR) is 88.2 cm³/mol. The van der Waals surface area contributed by atoms with Gasteiger partial charge < -0.3 is 10.5 Å². The Morgan fingerprint density at radius 2 is 1.88 bits per heavy atom. The highest BCUT2D eigenvalue weighted by atomic mass is 19.4. The molecule has 0 bridgehead atoms. The molecule has 1 aliphatic rings. The summed E-state index contributed by atoms with van der Waals surface area (Å²) in [6, 6.07) is 9.59. The Hall–Kier alpha value is -2.96. The zero-order chi connectivity index (χ0) is 17.8. The van der Waals surface area contributed by atoms with Gasteiger partial charge in [0.05, 0.1) is 23.4 Å². The van der Waals surface area contributed by atoms with Crippen LogP contribution in [0.4, 0.5) is 18.9 Å². The molecular formula is C18H13F3N2O2. The van der Waals surface area contributed by atoms with Crippen LogP contribution in [0, 0.1) is 0 Å². The van der Waals surface area contributed by atoms with Crippen molar-refractivity contribution < 1.29 is 17.9 Å². The molecule has 0 spiro atoms. The Labute approximate surface area is 140 Å². The molecule has 4 rings (SSSR count). The number of halogens is 3. The highest BCUT2D eigenvalue weighted by Gasteiger charge is 2.31. The summed E-state index contributed by atoms with van der Waals surface area (Å²) in [6.45, 7) is 0.550. The Kier molecular flexibility index (Phi) is 3.28. The highest BCUT2D eigenvalue weighted by Crippen LogP contribution is 2.34. The summed E-state index contributed by atoms with van der Waals surface area (Å²) in [6.07, 6.45) is -3.74. The molecule has 0 saturated heterocycles. The van der Waals surface area contributed by atoms with Crippen molar-refractivity contribution in [2.24, 2.45) is 0 Å². The second kappa shape index (κ2) is 5.27. The van der Waals surface area contributed by atoms with Gasteiger partial charge in [0.15, 0.2) is 0 Å². The third kappa shape index (κ3) is 2.52. The van der Waals surface area contributed by atoms with Crippen LogP contribution < -0.4 is 16.0 Å². The van der Waals surface area contributed by atoms with Crippen LogP contribution >= 0.6 is 0 Å². The molecule has 2 N–H and O–H groups in total. The molecule has 4 nitrogen and oxygen atoms in total. The van der Waals surface area contributed by atoms with E-state index in [1.54, 1.807) is 12.1 Å². The summed E-state index contributed by atoms with van der Waals surface area (Å²) in [5.41, 5.74) is 6.20. The van der Waals surface area contributed by atoms with Crippen LogP contribution in [0.3, 0.4) is 0 Å². The van der Waals surface area contributed by atoms with E-state index < -0.39 is 17.3 Å². The number of hydrogen-bond donors (Lipinski definition) is 1. The van der Waals surface area contributed by atoms with E-state index >= 15 is 0 Å². The summed E-state index contributed by atoms with van der Waals surface area (Å²) >= 11 is 0. The number of hydrogen-bond acceptors (Lipinski definition) is 3. The number of nitrogens with zero attached hydrogens (tertiary/aromatic N) is 1. The van der Waals surface area contributed by atoms with E-state index in [0.29, 0.717) is 23.4 Å². The minimum absolute atomic E-state index is 0.109. The van der Waals surface area contributed by atoms with Gasteiger partial charge in [-0.3, -0.25) is 9.36 Å². The van der Waals surface area contributed by atoms with E-state index in [1.807, 2.05) is 6.07 Å². The maximum atomic E-state index is 13.1. The van der Waals surface area contributed by atoms with E-state index in [1.165, 1.54) is 16.7 Å². The lowest BCUT2D eigenvalue weighted by atomic mass is 10.1. The van der Waals surface area contributed by atoms with Gasteiger partial charge in [0.1, 0.15) is 5.75 Å². The molecule has 25 heavy (non-hydrogen) atoms. The van der Waals surface area contributed by atoms with Gasteiger partial charge in [-0.05, 0) is 23.8 Å². The molecule has 1 aromatic heterocycles. The predicted octanol–water partition coefficient (Wildman–Crippen LogP) is 3.53. The van der Waals surface area contributed by atoms with Gasteiger partial charge in [0, 0.05) is 29.6 Å². The largest absolute Gasteiger partial charge is 0.493 e. The van der Waals surface area contributed by atoms with Crippen molar-refractivity contribution in [2.45, 2.75) is 12.6 Å². The molecule has 2 aromatic carbocycles. The van der Waals surface area contributed by atoms with Crippen LogP contribution in [0.1, 0.15) is 11.1 Å². The molecule has 0 radical (unpaired) electrons. The number of pyridine rings is 1. The maximum Gasteiger partial charge on any atom is 0.416 e. The van der Waals surface area contributed by atoms with Gasteiger partial charge in [-0.2, -0.15) is 13.2 Å². The van der Waals surface area contributed by atoms with Gasteiger partial charge in [0.25, 0.3) is 5.56 Å². The maximum absolute atomic E-state index is 13.1. The Morgan fingerprint density at radius 3 is 2.64 bits per heavy atom. The molecule has 7 heteroatoms. The van der Waals surface area contributed by atoms with Crippen LogP contribution in [-0.4, -0.2) is 11.2 Å². The molecule has 0 amide bonds. The third-order valence-corrected chi connectivity index (χ3v) is 4.31. The number of benzene rings is 2. The summed E-state index contributed by atoms with van der Waals surface area (Å²) in [5.74, 6) is 0.640. The van der Waals surface area contributed by atoms with E-state index in [2.05, 4.69) is 0 Å². The Balaban J connectivity index is 2.04. The van der Waals surface area contributed by atoms with Crippen molar-refractivity contribution in [3.63, 3.8) is 0 Å². The SMILES string of the molecule is Nc1cc(=O)n(-c2ccc3c(c2)OCC3)c2cc(C(F)(F)F)ccc12. The number of nitrogens with two attached hydrogens (primary N) is 1. The Bertz CT molecular complexity index is 1050. The van der Waals surface area contributed by atoms with Gasteiger partial charge in [-0.1, -0.05) is 12.1 Å². The van der Waals surface area contributed by atoms with Crippen molar-refractivity contribution in [3.8, 4) is 11.4 Å². The van der Waals surface area contributed by atoms with E-state index in [4.69, 9.17) is 10.5 Å². The minimum atomic E-state index is -4.51. The number of rotatable bonds is 1. The first-order chi connectivity index (χ1) is 11.8. The molecule has 0 aliphatic carbocycles. The first-order valence-corrected chi connectivity index (χ1v) is 7.63. The van der Waals surface area contributed by atoms with Crippen molar-refractivity contribution in [2.75, 3.05) is 12.3 Å². The topological polar surface area (TPSA) is 57.2 Å². The van der Waals surface area contributed by atoms with Crippen LogP contribution in [0.5, 0.6) is 5.75 Å². The number of aromatic nitrogens is 1. The van der Waals surface area contributed by atoms with E-state index in [-0.39, 0.29) is 11.2 Å². The van der Waals surface area contributed by atoms with Gasteiger partial charge in [0.2, 0.25) is 0 Å². The number of nitrogen functional groups attached to an aromatic ring is 1. The number of anilines is 1. The van der Waals surface area contributed by atoms with Gasteiger partial charge >= 0.3 is 6.18 Å². The van der Waals surface area contributed by atoms with Crippen LogP contribution in [0.25, 0.3) is 16.6 Å².